The van der Waals surface area contributed by atoms with E-state index in [1.54, 1.807) is 31.6 Å². The van der Waals surface area contributed by atoms with E-state index in [4.69, 9.17) is 4.74 Å². The van der Waals surface area contributed by atoms with E-state index in [0.29, 0.717) is 16.9 Å². The molecule has 2 aliphatic heterocycles. The van der Waals surface area contributed by atoms with Gasteiger partial charge in [0.15, 0.2) is 0 Å². The molecule has 0 saturated carbocycles. The van der Waals surface area contributed by atoms with Crippen molar-refractivity contribution in [3.05, 3.63) is 59.9 Å². The lowest BCUT2D eigenvalue weighted by molar-refractivity contribution is 0.0546. The van der Waals surface area contributed by atoms with E-state index < -0.39 is 0 Å². The van der Waals surface area contributed by atoms with E-state index in [1.165, 1.54) is 0 Å². The lowest BCUT2D eigenvalue weighted by Crippen LogP contribution is -2.52. The van der Waals surface area contributed by atoms with Crippen LogP contribution >= 0.6 is 0 Å². The molecule has 1 unspecified atom stereocenters. The lowest BCUT2D eigenvalue weighted by atomic mass is 9.95. The summed E-state index contributed by atoms with van der Waals surface area (Å²) in [6.07, 6.45) is 6.77. The summed E-state index contributed by atoms with van der Waals surface area (Å²) in [6.45, 7) is 0. The molecule has 140 valence electrons. The summed E-state index contributed by atoms with van der Waals surface area (Å²) in [5, 5.41) is 3.13. The topological polar surface area (TPSA) is 71.5 Å². The van der Waals surface area contributed by atoms with E-state index in [1.807, 2.05) is 29.2 Å². The fraction of sp³-hybridized carbons (Fsp3) is 0.381. The fourth-order valence-electron chi connectivity index (χ4n) is 4.36. The van der Waals surface area contributed by atoms with E-state index >= 15 is 0 Å². The maximum Gasteiger partial charge on any atom is 0.258 e. The van der Waals surface area contributed by atoms with Gasteiger partial charge in [0.05, 0.1) is 12.7 Å². The number of methoxy groups -OCH3 is 1. The highest BCUT2D eigenvalue weighted by atomic mass is 16.5. The summed E-state index contributed by atoms with van der Waals surface area (Å²) < 4.78 is 5.36. The SMILES string of the molecule is COc1ccccc1C(=O)N1[C@@H]2CC[C@H]1CC(NC(=O)c1ccncc1)C2. The van der Waals surface area contributed by atoms with Crippen LogP contribution in [0.2, 0.25) is 0 Å². The number of fused-ring (bicyclic) bond motifs is 2. The maximum atomic E-state index is 13.1. The lowest BCUT2D eigenvalue weighted by Gasteiger charge is -2.39. The first-order valence-electron chi connectivity index (χ1n) is 9.34. The number of aromatic nitrogens is 1. The molecule has 6 heteroatoms. The Labute approximate surface area is 158 Å². The van der Waals surface area contributed by atoms with Crippen molar-refractivity contribution in [2.75, 3.05) is 7.11 Å². The first-order chi connectivity index (χ1) is 13.2. The van der Waals surface area contributed by atoms with Crippen LogP contribution in [0.1, 0.15) is 46.4 Å². The van der Waals surface area contributed by atoms with Crippen molar-refractivity contribution in [2.24, 2.45) is 0 Å². The molecule has 2 aliphatic rings. The van der Waals surface area contributed by atoms with Gasteiger partial charge in [0.2, 0.25) is 0 Å². The minimum Gasteiger partial charge on any atom is -0.496 e. The van der Waals surface area contributed by atoms with Gasteiger partial charge in [-0.3, -0.25) is 14.6 Å². The van der Waals surface area contributed by atoms with Gasteiger partial charge in [-0.15, -0.1) is 0 Å². The van der Waals surface area contributed by atoms with Gasteiger partial charge in [-0.1, -0.05) is 12.1 Å². The molecule has 2 aromatic rings. The van der Waals surface area contributed by atoms with Crippen LogP contribution in [0, 0.1) is 0 Å². The number of carbonyl (C=O) groups is 2. The van der Waals surface area contributed by atoms with E-state index in [-0.39, 0.29) is 29.9 Å². The van der Waals surface area contributed by atoms with Crippen LogP contribution in [0.3, 0.4) is 0 Å². The Kier molecular flexibility index (Phi) is 4.79. The predicted octanol–water partition coefficient (Wildman–Crippen LogP) is 2.66. The number of amides is 2. The van der Waals surface area contributed by atoms with Crippen molar-refractivity contribution in [3.8, 4) is 5.75 Å². The molecule has 3 atom stereocenters. The molecule has 2 fully saturated rings. The van der Waals surface area contributed by atoms with Gasteiger partial charge in [-0.25, -0.2) is 0 Å². The average molecular weight is 365 g/mol. The van der Waals surface area contributed by atoms with Crippen LogP contribution in [0.15, 0.2) is 48.8 Å². The quantitative estimate of drug-likeness (QED) is 0.904. The first-order valence-corrected chi connectivity index (χ1v) is 9.34. The molecule has 2 amide bonds. The Balaban J connectivity index is 1.46. The molecule has 3 heterocycles. The van der Waals surface area contributed by atoms with Crippen molar-refractivity contribution in [1.82, 2.24) is 15.2 Å². The van der Waals surface area contributed by atoms with Crippen LogP contribution < -0.4 is 10.1 Å². The number of hydrogen-bond acceptors (Lipinski definition) is 4. The number of pyridine rings is 1. The molecular weight excluding hydrogens is 342 g/mol. The van der Waals surface area contributed by atoms with Crippen molar-refractivity contribution in [1.29, 1.82) is 0 Å². The molecule has 2 saturated heterocycles. The van der Waals surface area contributed by atoms with Crippen LogP contribution in [0.5, 0.6) is 5.75 Å². The highest BCUT2D eigenvalue weighted by molar-refractivity contribution is 5.97. The number of rotatable bonds is 4. The molecule has 6 nitrogen and oxygen atoms in total. The van der Waals surface area contributed by atoms with Gasteiger partial charge in [-0.05, 0) is 49.9 Å². The van der Waals surface area contributed by atoms with Crippen molar-refractivity contribution >= 4 is 11.8 Å². The highest BCUT2D eigenvalue weighted by Crippen LogP contribution is 2.38. The second-order valence-corrected chi connectivity index (χ2v) is 7.18. The van der Waals surface area contributed by atoms with E-state index in [9.17, 15) is 9.59 Å². The normalized spacial score (nSPS) is 23.7. The largest absolute Gasteiger partial charge is 0.496 e. The molecule has 1 aromatic carbocycles. The Bertz CT molecular complexity index is 826. The summed E-state index contributed by atoms with van der Waals surface area (Å²) in [6, 6.07) is 11.2. The van der Waals surface area contributed by atoms with Gasteiger partial charge >= 0.3 is 0 Å². The molecular formula is C21H23N3O3. The Hall–Kier alpha value is -2.89. The third-order valence-corrected chi connectivity index (χ3v) is 5.58. The number of benzene rings is 1. The zero-order valence-electron chi connectivity index (χ0n) is 15.3. The molecule has 0 aliphatic carbocycles. The number of nitrogens with one attached hydrogen (secondary N) is 1. The number of nitrogens with zero attached hydrogens (tertiary/aromatic N) is 2. The van der Waals surface area contributed by atoms with Gasteiger partial charge in [0, 0.05) is 36.1 Å². The van der Waals surface area contributed by atoms with Crippen LogP contribution in [-0.4, -0.2) is 46.9 Å². The van der Waals surface area contributed by atoms with Crippen LogP contribution in [-0.2, 0) is 0 Å². The minimum absolute atomic E-state index is 0.0267. The average Bonchev–Trinajstić information content (AvgIpc) is 2.98. The maximum absolute atomic E-state index is 13.1. The molecule has 0 spiro atoms. The number of hydrogen-bond donors (Lipinski definition) is 1. The van der Waals surface area contributed by atoms with Gasteiger partial charge in [0.25, 0.3) is 11.8 Å². The second-order valence-electron chi connectivity index (χ2n) is 7.18. The molecule has 4 rings (SSSR count). The molecule has 1 N–H and O–H groups in total. The molecule has 0 radical (unpaired) electrons. The molecule has 1 aromatic heterocycles. The predicted molar refractivity (Wildman–Crippen MR) is 101 cm³/mol. The van der Waals surface area contributed by atoms with Crippen molar-refractivity contribution in [2.45, 2.75) is 43.8 Å². The molecule has 2 bridgehead atoms. The van der Waals surface area contributed by atoms with Gasteiger partial charge < -0.3 is 15.0 Å². The van der Waals surface area contributed by atoms with Crippen LogP contribution in [0.4, 0.5) is 0 Å². The van der Waals surface area contributed by atoms with Gasteiger partial charge in [-0.2, -0.15) is 0 Å². The summed E-state index contributed by atoms with van der Waals surface area (Å²) >= 11 is 0. The highest BCUT2D eigenvalue weighted by Gasteiger charge is 2.44. The third kappa shape index (κ3) is 3.39. The summed E-state index contributed by atoms with van der Waals surface area (Å²) in [5.74, 6) is 0.556. The van der Waals surface area contributed by atoms with Gasteiger partial charge in [0.1, 0.15) is 5.75 Å². The summed E-state index contributed by atoms with van der Waals surface area (Å²) in [4.78, 5) is 31.5. The third-order valence-electron chi connectivity index (χ3n) is 5.58. The van der Waals surface area contributed by atoms with Crippen molar-refractivity contribution < 1.29 is 14.3 Å². The molecule has 27 heavy (non-hydrogen) atoms. The number of piperidine rings is 1. The van der Waals surface area contributed by atoms with Crippen LogP contribution in [0.25, 0.3) is 0 Å². The zero-order chi connectivity index (χ0) is 18.8. The first kappa shape index (κ1) is 17.5. The Morgan fingerprint density at radius 2 is 1.74 bits per heavy atom. The van der Waals surface area contributed by atoms with E-state index in [0.717, 1.165) is 25.7 Å². The fourth-order valence-corrected chi connectivity index (χ4v) is 4.36. The monoisotopic (exact) mass is 365 g/mol. The number of carbonyl (C=O) groups excluding carboxylic acids is 2. The Morgan fingerprint density at radius 1 is 1.07 bits per heavy atom. The number of para-hydroxylation sites is 1. The standard InChI is InChI=1S/C21H23N3O3/c1-27-19-5-3-2-4-18(19)21(26)24-16-6-7-17(24)13-15(12-16)23-20(25)14-8-10-22-11-9-14/h2-5,8-11,15-17H,6-7,12-13H2,1H3,(H,23,25)/t15?,16-,17+. The van der Waals surface area contributed by atoms with Crippen molar-refractivity contribution in [3.63, 3.8) is 0 Å². The Morgan fingerprint density at radius 3 is 2.41 bits per heavy atom. The minimum atomic E-state index is -0.0775. The summed E-state index contributed by atoms with van der Waals surface area (Å²) in [5.41, 5.74) is 1.22. The number of ether oxygens (including phenoxy) is 1. The zero-order valence-corrected chi connectivity index (χ0v) is 15.3. The second kappa shape index (κ2) is 7.39. The smallest absolute Gasteiger partial charge is 0.258 e. The summed E-state index contributed by atoms with van der Waals surface area (Å²) in [7, 11) is 1.58. The van der Waals surface area contributed by atoms with E-state index in [2.05, 4.69) is 10.3 Å².